The zero-order chi connectivity index (χ0) is 28.6. The molecule has 0 radical (unpaired) electrons. The number of fused-ring (bicyclic) bond motifs is 1. The minimum Gasteiger partial charge on any atom is -0.382 e. The molecule has 40 heavy (non-hydrogen) atoms. The van der Waals surface area contributed by atoms with Crippen molar-refractivity contribution in [2.24, 2.45) is 7.05 Å². The third-order valence-corrected chi connectivity index (χ3v) is 7.09. The summed E-state index contributed by atoms with van der Waals surface area (Å²) in [6, 6.07) is 9.25. The second kappa shape index (κ2) is 11.2. The van der Waals surface area contributed by atoms with Gasteiger partial charge in [0.15, 0.2) is 5.15 Å². The van der Waals surface area contributed by atoms with E-state index in [1.165, 1.54) is 27.8 Å². The lowest BCUT2D eigenvalue weighted by Crippen LogP contribution is -2.60. The molecule has 2 unspecified atom stereocenters. The summed E-state index contributed by atoms with van der Waals surface area (Å²) in [4.78, 5) is 43.2. The molecule has 1 N–H and O–H groups in total. The van der Waals surface area contributed by atoms with E-state index in [9.17, 15) is 14.4 Å². The average Bonchev–Trinajstić information content (AvgIpc) is 3.52. The van der Waals surface area contributed by atoms with Gasteiger partial charge in [-0.3, -0.25) is 24.0 Å². The SMILES string of the molecule is COC(C)CC(C(=O)Nc1ccc2nn(C)cc2c1)N1CC(=O)N(c2cc(Cl)ccc2-n2cc(Cl)nn2)CC1=O. The van der Waals surface area contributed by atoms with Crippen molar-refractivity contribution in [3.05, 3.63) is 59.0 Å². The highest BCUT2D eigenvalue weighted by Crippen LogP contribution is 2.30. The quantitative estimate of drug-likeness (QED) is 0.337. The largest absolute Gasteiger partial charge is 0.382 e. The van der Waals surface area contributed by atoms with E-state index >= 15 is 0 Å². The topological polar surface area (TPSA) is 127 Å². The minimum atomic E-state index is -0.953. The molecular weight excluding hydrogens is 559 g/mol. The Morgan fingerprint density at radius 1 is 1.07 bits per heavy atom. The van der Waals surface area contributed by atoms with Crippen LogP contribution in [0.15, 0.2) is 48.8 Å². The predicted octanol–water partition coefficient (Wildman–Crippen LogP) is 3.07. The number of anilines is 2. The van der Waals surface area contributed by atoms with Crippen LogP contribution in [0.1, 0.15) is 13.3 Å². The minimum absolute atomic E-state index is 0.164. The smallest absolute Gasteiger partial charge is 0.247 e. The molecule has 5 rings (SSSR count). The molecule has 14 heteroatoms. The Balaban J connectivity index is 1.40. The van der Waals surface area contributed by atoms with Gasteiger partial charge in [-0.2, -0.15) is 5.10 Å². The second-order valence-electron chi connectivity index (χ2n) is 9.48. The monoisotopic (exact) mass is 584 g/mol. The van der Waals surface area contributed by atoms with E-state index < -0.39 is 23.8 Å². The molecule has 1 aliphatic rings. The van der Waals surface area contributed by atoms with Gasteiger partial charge >= 0.3 is 0 Å². The number of nitrogens with zero attached hydrogens (tertiary/aromatic N) is 7. The maximum absolute atomic E-state index is 13.5. The summed E-state index contributed by atoms with van der Waals surface area (Å²) in [5, 5.41) is 16.4. The highest BCUT2D eigenvalue weighted by atomic mass is 35.5. The third-order valence-electron chi connectivity index (χ3n) is 6.68. The molecule has 208 valence electrons. The second-order valence-corrected chi connectivity index (χ2v) is 10.3. The normalized spacial score (nSPS) is 15.5. The van der Waals surface area contributed by atoms with Crippen LogP contribution >= 0.6 is 23.2 Å². The van der Waals surface area contributed by atoms with Crippen LogP contribution in [0.5, 0.6) is 0 Å². The number of hydrogen-bond acceptors (Lipinski definition) is 7. The molecule has 0 aliphatic carbocycles. The molecule has 3 amide bonds. The van der Waals surface area contributed by atoms with E-state index in [1.807, 2.05) is 13.2 Å². The number of nitrogens with one attached hydrogen (secondary N) is 1. The summed E-state index contributed by atoms with van der Waals surface area (Å²) >= 11 is 12.2. The molecule has 2 aromatic carbocycles. The fraction of sp³-hybridized carbons (Fsp3) is 0.308. The van der Waals surface area contributed by atoms with E-state index in [1.54, 1.807) is 48.0 Å². The molecule has 2 atom stereocenters. The van der Waals surface area contributed by atoms with E-state index in [2.05, 4.69) is 20.7 Å². The maximum atomic E-state index is 13.5. The molecule has 1 fully saturated rings. The van der Waals surface area contributed by atoms with Crippen molar-refractivity contribution in [3.63, 3.8) is 0 Å². The van der Waals surface area contributed by atoms with Gasteiger partial charge in [-0.05, 0) is 43.3 Å². The van der Waals surface area contributed by atoms with Crippen molar-refractivity contribution in [2.75, 3.05) is 30.4 Å². The van der Waals surface area contributed by atoms with Crippen molar-refractivity contribution in [1.29, 1.82) is 0 Å². The lowest BCUT2D eigenvalue weighted by Gasteiger charge is -2.39. The standard InChI is InChI=1S/C26H26Cl2N8O4/c1-15(40-3)8-22(26(39)29-18-5-6-19-16(9-18)11-33(2)31-19)35-14-24(37)34(13-25(35)38)21-10-17(27)4-7-20(21)36-12-23(28)30-32-36/h4-7,9-12,15,22H,8,13-14H2,1-3H3,(H,29,39). The molecule has 3 heterocycles. The van der Waals surface area contributed by atoms with Crippen molar-refractivity contribution in [2.45, 2.75) is 25.5 Å². The molecule has 4 aromatic rings. The lowest BCUT2D eigenvalue weighted by molar-refractivity contribution is -0.144. The van der Waals surface area contributed by atoms with Crippen LogP contribution in [0, 0.1) is 0 Å². The molecule has 1 saturated heterocycles. The van der Waals surface area contributed by atoms with E-state index in [-0.39, 0.29) is 30.8 Å². The Morgan fingerprint density at radius 2 is 1.88 bits per heavy atom. The summed E-state index contributed by atoms with van der Waals surface area (Å²) in [5.41, 5.74) is 2.16. The Labute approximate surface area is 239 Å². The molecular formula is C26H26Cl2N8O4. The Hall–Kier alpha value is -4.00. The van der Waals surface area contributed by atoms with Gasteiger partial charge < -0.3 is 15.0 Å². The van der Waals surface area contributed by atoms with Gasteiger partial charge in [0.1, 0.15) is 19.1 Å². The predicted molar refractivity (Wildman–Crippen MR) is 150 cm³/mol. The van der Waals surface area contributed by atoms with Crippen LogP contribution in [-0.2, 0) is 26.2 Å². The summed E-state index contributed by atoms with van der Waals surface area (Å²) < 4.78 is 8.48. The van der Waals surface area contributed by atoms with Gasteiger partial charge in [0.25, 0.3) is 0 Å². The molecule has 1 aliphatic heterocycles. The average molecular weight is 585 g/mol. The zero-order valence-corrected chi connectivity index (χ0v) is 23.4. The number of ether oxygens (including phenoxy) is 1. The van der Waals surface area contributed by atoms with Crippen LogP contribution in [-0.4, -0.2) is 79.7 Å². The van der Waals surface area contributed by atoms with Gasteiger partial charge in [-0.1, -0.05) is 28.4 Å². The molecule has 12 nitrogen and oxygen atoms in total. The first-order chi connectivity index (χ1) is 19.1. The first kappa shape index (κ1) is 27.6. The third kappa shape index (κ3) is 5.64. The highest BCUT2D eigenvalue weighted by molar-refractivity contribution is 6.31. The first-order valence-corrected chi connectivity index (χ1v) is 13.1. The number of rotatable bonds is 8. The summed E-state index contributed by atoms with van der Waals surface area (Å²) in [7, 11) is 3.34. The number of benzene rings is 2. The van der Waals surface area contributed by atoms with Crippen LogP contribution < -0.4 is 10.2 Å². The van der Waals surface area contributed by atoms with Crippen LogP contribution in [0.25, 0.3) is 16.6 Å². The number of halogens is 2. The summed E-state index contributed by atoms with van der Waals surface area (Å²) in [6.07, 6.45) is 3.16. The lowest BCUT2D eigenvalue weighted by atomic mass is 10.0. The molecule has 2 aromatic heterocycles. The Kier molecular flexibility index (Phi) is 7.74. The molecule has 0 spiro atoms. The Morgan fingerprint density at radius 3 is 2.60 bits per heavy atom. The number of amides is 3. The molecule has 0 saturated carbocycles. The van der Waals surface area contributed by atoms with E-state index in [4.69, 9.17) is 27.9 Å². The van der Waals surface area contributed by atoms with E-state index in [0.717, 1.165) is 10.9 Å². The van der Waals surface area contributed by atoms with Crippen LogP contribution in [0.3, 0.4) is 0 Å². The number of aryl methyl sites for hydroxylation is 1. The van der Waals surface area contributed by atoms with Gasteiger partial charge in [0.2, 0.25) is 17.7 Å². The number of methoxy groups -OCH3 is 1. The van der Waals surface area contributed by atoms with Gasteiger partial charge in [-0.25, -0.2) is 4.68 Å². The first-order valence-electron chi connectivity index (χ1n) is 12.4. The van der Waals surface area contributed by atoms with Crippen LogP contribution in [0.4, 0.5) is 11.4 Å². The van der Waals surface area contributed by atoms with Crippen molar-refractivity contribution in [1.82, 2.24) is 29.7 Å². The van der Waals surface area contributed by atoms with Crippen LogP contribution in [0.2, 0.25) is 10.2 Å². The van der Waals surface area contributed by atoms with Gasteiger partial charge in [-0.15, -0.1) is 5.10 Å². The highest BCUT2D eigenvalue weighted by Gasteiger charge is 2.39. The fourth-order valence-electron chi connectivity index (χ4n) is 4.64. The van der Waals surface area contributed by atoms with Gasteiger partial charge in [0, 0.05) is 42.9 Å². The zero-order valence-electron chi connectivity index (χ0n) is 21.9. The summed E-state index contributed by atoms with van der Waals surface area (Å²) in [5.74, 6) is -1.23. The van der Waals surface area contributed by atoms with E-state index in [0.29, 0.717) is 22.1 Å². The fourth-order valence-corrected chi connectivity index (χ4v) is 4.94. The maximum Gasteiger partial charge on any atom is 0.247 e. The van der Waals surface area contributed by atoms with Gasteiger partial charge in [0.05, 0.1) is 29.2 Å². The van der Waals surface area contributed by atoms with Crippen molar-refractivity contribution in [3.8, 4) is 5.69 Å². The number of carbonyl (C=O) groups excluding carboxylic acids is 3. The number of carbonyl (C=O) groups is 3. The Bertz CT molecular complexity index is 1600. The number of aromatic nitrogens is 5. The number of piperazine rings is 1. The molecule has 0 bridgehead atoms. The van der Waals surface area contributed by atoms with Crippen molar-refractivity contribution >= 4 is 63.2 Å². The summed E-state index contributed by atoms with van der Waals surface area (Å²) in [6.45, 7) is 1.17. The number of hydrogen-bond donors (Lipinski definition) is 1. The van der Waals surface area contributed by atoms with Crippen molar-refractivity contribution < 1.29 is 19.1 Å².